The van der Waals surface area contributed by atoms with Gasteiger partial charge in [-0.1, -0.05) is 20.3 Å². The SMILES string of the molecule is CCCCC(=O)CNCCCNCC(=O)CC. The van der Waals surface area contributed by atoms with Crippen molar-refractivity contribution in [2.45, 2.75) is 46.0 Å². The summed E-state index contributed by atoms with van der Waals surface area (Å²) in [4.78, 5) is 22.3. The van der Waals surface area contributed by atoms with Crippen LogP contribution < -0.4 is 10.6 Å². The molecule has 0 aliphatic rings. The molecule has 4 nitrogen and oxygen atoms in total. The average molecular weight is 242 g/mol. The third-order valence-corrected chi connectivity index (χ3v) is 2.55. The molecule has 0 rings (SSSR count). The van der Waals surface area contributed by atoms with Crippen LogP contribution in [0.5, 0.6) is 0 Å². The van der Waals surface area contributed by atoms with Gasteiger partial charge in [-0.15, -0.1) is 0 Å². The topological polar surface area (TPSA) is 58.2 Å². The Hall–Kier alpha value is -0.740. The number of carbonyl (C=O) groups is 2. The van der Waals surface area contributed by atoms with Crippen LogP contribution in [0.1, 0.15) is 46.0 Å². The van der Waals surface area contributed by atoms with Gasteiger partial charge < -0.3 is 10.6 Å². The standard InChI is InChI=1S/C13H26N2O2/c1-3-5-7-13(17)11-15-9-6-8-14-10-12(16)4-2/h14-15H,3-11H2,1-2H3. The maximum absolute atomic E-state index is 11.3. The Kier molecular flexibility index (Phi) is 11.2. The van der Waals surface area contributed by atoms with Crippen molar-refractivity contribution in [1.82, 2.24) is 10.6 Å². The van der Waals surface area contributed by atoms with E-state index in [0.717, 1.165) is 32.4 Å². The second-order valence-corrected chi connectivity index (χ2v) is 4.24. The maximum atomic E-state index is 11.3. The highest BCUT2D eigenvalue weighted by Crippen LogP contribution is 1.93. The summed E-state index contributed by atoms with van der Waals surface area (Å²) >= 11 is 0. The molecule has 0 heterocycles. The number of nitrogens with one attached hydrogen (secondary N) is 2. The lowest BCUT2D eigenvalue weighted by molar-refractivity contribution is -0.118. The molecular weight excluding hydrogens is 216 g/mol. The summed E-state index contributed by atoms with van der Waals surface area (Å²) in [6.07, 6.45) is 4.28. The quantitative estimate of drug-likeness (QED) is 0.506. The monoisotopic (exact) mass is 242 g/mol. The number of hydrogen-bond donors (Lipinski definition) is 2. The van der Waals surface area contributed by atoms with Crippen LogP contribution in [-0.2, 0) is 9.59 Å². The van der Waals surface area contributed by atoms with E-state index in [4.69, 9.17) is 0 Å². The molecule has 0 spiro atoms. The van der Waals surface area contributed by atoms with Gasteiger partial charge in [-0.05, 0) is 25.9 Å². The van der Waals surface area contributed by atoms with Crippen molar-refractivity contribution < 1.29 is 9.59 Å². The summed E-state index contributed by atoms with van der Waals surface area (Å²) in [6, 6.07) is 0. The molecule has 0 radical (unpaired) electrons. The highest BCUT2D eigenvalue weighted by molar-refractivity contribution is 5.80. The summed E-state index contributed by atoms with van der Waals surface area (Å²) in [5.41, 5.74) is 0. The van der Waals surface area contributed by atoms with E-state index in [1.165, 1.54) is 0 Å². The number of Topliss-reactive ketones (excluding diaryl/α,β-unsaturated/α-hetero) is 2. The molecule has 0 unspecified atom stereocenters. The molecule has 0 bridgehead atoms. The van der Waals surface area contributed by atoms with Gasteiger partial charge in [-0.25, -0.2) is 0 Å². The van der Waals surface area contributed by atoms with Crippen LogP contribution in [-0.4, -0.2) is 37.7 Å². The Morgan fingerprint density at radius 1 is 0.882 bits per heavy atom. The number of unbranched alkanes of at least 4 members (excludes halogenated alkanes) is 1. The van der Waals surface area contributed by atoms with E-state index < -0.39 is 0 Å². The molecule has 4 heteroatoms. The number of ketones is 2. The first-order chi connectivity index (χ1) is 8.20. The Balaban J connectivity index is 3.18. The van der Waals surface area contributed by atoms with Crippen molar-refractivity contribution in [1.29, 1.82) is 0 Å². The van der Waals surface area contributed by atoms with Gasteiger partial charge in [0.15, 0.2) is 0 Å². The van der Waals surface area contributed by atoms with Crippen LogP contribution in [0.25, 0.3) is 0 Å². The van der Waals surface area contributed by atoms with Crippen LogP contribution >= 0.6 is 0 Å². The van der Waals surface area contributed by atoms with Crippen molar-refractivity contribution in [3.8, 4) is 0 Å². The van der Waals surface area contributed by atoms with Crippen LogP contribution in [0, 0.1) is 0 Å². The van der Waals surface area contributed by atoms with Gasteiger partial charge in [-0.2, -0.15) is 0 Å². The lowest BCUT2D eigenvalue weighted by Gasteiger charge is -2.05. The van der Waals surface area contributed by atoms with Crippen LogP contribution in [0.15, 0.2) is 0 Å². The van der Waals surface area contributed by atoms with Crippen LogP contribution in [0.3, 0.4) is 0 Å². The normalized spacial score (nSPS) is 10.5. The van der Waals surface area contributed by atoms with E-state index in [1.54, 1.807) is 0 Å². The molecule has 0 aromatic rings. The molecule has 0 aliphatic carbocycles. The zero-order chi connectivity index (χ0) is 12.9. The fourth-order valence-corrected chi connectivity index (χ4v) is 1.38. The maximum Gasteiger partial charge on any atom is 0.146 e. The summed E-state index contributed by atoms with van der Waals surface area (Å²) in [6.45, 7) is 6.55. The van der Waals surface area contributed by atoms with Gasteiger partial charge in [0.25, 0.3) is 0 Å². The van der Waals surface area contributed by atoms with Gasteiger partial charge in [0.2, 0.25) is 0 Å². The molecular formula is C13H26N2O2. The molecule has 100 valence electrons. The average Bonchev–Trinajstić information content (AvgIpc) is 2.34. The number of carbonyl (C=O) groups excluding carboxylic acids is 2. The van der Waals surface area contributed by atoms with Crippen molar-refractivity contribution in [2.24, 2.45) is 0 Å². The zero-order valence-corrected chi connectivity index (χ0v) is 11.2. The third kappa shape index (κ3) is 11.5. The van der Waals surface area contributed by atoms with Gasteiger partial charge in [0, 0.05) is 12.8 Å². The third-order valence-electron chi connectivity index (χ3n) is 2.55. The van der Waals surface area contributed by atoms with E-state index in [9.17, 15) is 9.59 Å². The molecule has 0 saturated heterocycles. The smallest absolute Gasteiger partial charge is 0.146 e. The predicted molar refractivity (Wildman–Crippen MR) is 70.2 cm³/mol. The van der Waals surface area contributed by atoms with E-state index >= 15 is 0 Å². The Morgan fingerprint density at radius 2 is 1.47 bits per heavy atom. The summed E-state index contributed by atoms with van der Waals surface area (Å²) in [5, 5.41) is 6.21. The minimum atomic E-state index is 0.243. The minimum Gasteiger partial charge on any atom is -0.310 e. The van der Waals surface area contributed by atoms with E-state index in [1.807, 2.05) is 6.92 Å². The lowest BCUT2D eigenvalue weighted by Crippen LogP contribution is -2.28. The molecule has 0 aliphatic heterocycles. The van der Waals surface area contributed by atoms with E-state index in [0.29, 0.717) is 31.7 Å². The number of hydrogen-bond acceptors (Lipinski definition) is 4. The first-order valence-electron chi connectivity index (χ1n) is 6.65. The molecule has 0 aromatic heterocycles. The van der Waals surface area contributed by atoms with Crippen LogP contribution in [0.4, 0.5) is 0 Å². The molecule has 0 amide bonds. The largest absolute Gasteiger partial charge is 0.310 e. The zero-order valence-electron chi connectivity index (χ0n) is 11.2. The summed E-state index contributed by atoms with van der Waals surface area (Å²) < 4.78 is 0. The van der Waals surface area contributed by atoms with E-state index in [2.05, 4.69) is 17.6 Å². The first-order valence-corrected chi connectivity index (χ1v) is 6.65. The summed E-state index contributed by atoms with van der Waals surface area (Å²) in [7, 11) is 0. The molecule has 2 N–H and O–H groups in total. The molecule has 0 aromatic carbocycles. The van der Waals surface area contributed by atoms with Crippen molar-refractivity contribution in [3.63, 3.8) is 0 Å². The second-order valence-electron chi connectivity index (χ2n) is 4.24. The van der Waals surface area contributed by atoms with E-state index in [-0.39, 0.29) is 5.78 Å². The fourth-order valence-electron chi connectivity index (χ4n) is 1.38. The van der Waals surface area contributed by atoms with Gasteiger partial charge in [0.1, 0.15) is 11.6 Å². The van der Waals surface area contributed by atoms with Gasteiger partial charge >= 0.3 is 0 Å². The molecule has 17 heavy (non-hydrogen) atoms. The first kappa shape index (κ1) is 16.3. The Bertz CT molecular complexity index is 217. The van der Waals surface area contributed by atoms with Gasteiger partial charge in [-0.3, -0.25) is 9.59 Å². The van der Waals surface area contributed by atoms with Crippen molar-refractivity contribution >= 4 is 11.6 Å². The Morgan fingerprint density at radius 3 is 2.00 bits per heavy atom. The lowest BCUT2D eigenvalue weighted by atomic mass is 10.2. The molecule has 0 atom stereocenters. The van der Waals surface area contributed by atoms with Crippen LogP contribution in [0.2, 0.25) is 0 Å². The highest BCUT2D eigenvalue weighted by Gasteiger charge is 2.00. The molecule has 0 saturated carbocycles. The Labute approximate surface area is 105 Å². The fraction of sp³-hybridized carbons (Fsp3) is 0.846. The van der Waals surface area contributed by atoms with Crippen molar-refractivity contribution in [3.05, 3.63) is 0 Å². The summed E-state index contributed by atoms with van der Waals surface area (Å²) in [5.74, 6) is 0.536. The minimum absolute atomic E-state index is 0.243. The highest BCUT2D eigenvalue weighted by atomic mass is 16.1. The van der Waals surface area contributed by atoms with Gasteiger partial charge in [0.05, 0.1) is 13.1 Å². The predicted octanol–water partition coefficient (Wildman–Crippen LogP) is 1.29. The number of rotatable bonds is 12. The molecule has 0 fully saturated rings. The second kappa shape index (κ2) is 11.7. The van der Waals surface area contributed by atoms with Crippen molar-refractivity contribution in [2.75, 3.05) is 26.2 Å².